The molecule has 4 saturated heterocycles. The van der Waals surface area contributed by atoms with Crippen molar-refractivity contribution in [2.45, 2.75) is 76.8 Å². The van der Waals surface area contributed by atoms with Crippen LogP contribution in [0.2, 0.25) is 0 Å². The lowest BCUT2D eigenvalue weighted by Crippen LogP contribution is -2.49. The number of likely N-dealkylation sites (tertiary alicyclic amines) is 2. The summed E-state index contributed by atoms with van der Waals surface area (Å²) in [7, 11) is 7.11. The Morgan fingerprint density at radius 3 is 1.33 bits per heavy atom. The first-order valence-electron chi connectivity index (χ1n) is 22.0. The van der Waals surface area contributed by atoms with Gasteiger partial charge in [-0.05, 0) is 75.6 Å². The first kappa shape index (κ1) is 44.1. The lowest BCUT2D eigenvalue weighted by Gasteiger charge is -2.35. The zero-order valence-corrected chi connectivity index (χ0v) is 36.3. The maximum atomic E-state index is 13.2. The van der Waals surface area contributed by atoms with Crippen molar-refractivity contribution < 1.29 is 29.3 Å². The molecule has 0 aliphatic carbocycles. The summed E-state index contributed by atoms with van der Waals surface area (Å²) in [6, 6.07) is 7.09. The smallest absolute Gasteiger partial charge is 0.258 e. The third-order valence-corrected chi connectivity index (χ3v) is 14.1. The van der Waals surface area contributed by atoms with E-state index in [2.05, 4.69) is 9.80 Å². The minimum Gasteiger partial charge on any atom is -0.396 e. The molecule has 8 atom stereocenters. The largest absolute Gasteiger partial charge is 0.396 e. The van der Waals surface area contributed by atoms with Crippen LogP contribution in [0.1, 0.15) is 74.1 Å². The number of ether oxygens (including phenoxy) is 2. The number of likely N-dealkylation sites (N-methyl/N-ethyl adjacent to an activating group) is 2. The zero-order chi connectivity index (χ0) is 42.8. The van der Waals surface area contributed by atoms with Crippen molar-refractivity contribution in [3.8, 4) is 0 Å². The fourth-order valence-electron chi connectivity index (χ4n) is 11.2. The van der Waals surface area contributed by atoms with Crippen molar-refractivity contribution in [2.24, 2.45) is 35.5 Å². The van der Waals surface area contributed by atoms with E-state index >= 15 is 0 Å². The molecular weight excluding hydrogens is 765 g/mol. The number of allylic oxidation sites excluding steroid dienone is 2. The fraction of sp³-hybridized carbons (Fsp3) is 0.652. The topological polar surface area (TPSA) is 150 Å². The van der Waals surface area contributed by atoms with E-state index in [4.69, 9.17) is 9.47 Å². The first-order chi connectivity index (χ1) is 28.9. The normalized spacial score (nSPS) is 29.3. The SMILES string of the molecule is C/C=C/c1ccc2n(c1=O)C[C@H]1[C@H](CO)[C@@H](C(=O)N(C)C)N(CC3CCOCC3)[C@@H]21.C/C=C\c1ccc2n(c1=O)C[C@H]1[C@H](CO)[C@@H](C(=O)N(C)C)N(CC3CCOCC3)[C@@H]21. The molecule has 14 nitrogen and oxygen atoms in total. The second-order valence-corrected chi connectivity index (χ2v) is 18.0. The number of rotatable bonds is 10. The van der Waals surface area contributed by atoms with Crippen molar-refractivity contribution in [1.82, 2.24) is 28.7 Å². The Hall–Kier alpha value is -3.92. The second-order valence-electron chi connectivity index (χ2n) is 18.0. The van der Waals surface area contributed by atoms with Crippen LogP contribution in [0.15, 0.2) is 46.0 Å². The van der Waals surface area contributed by atoms with Gasteiger partial charge in [-0.1, -0.05) is 24.3 Å². The summed E-state index contributed by atoms with van der Waals surface area (Å²) < 4.78 is 14.8. The van der Waals surface area contributed by atoms with Crippen LogP contribution in [0.4, 0.5) is 0 Å². The number of aliphatic hydroxyl groups is 2. The van der Waals surface area contributed by atoms with Crippen LogP contribution >= 0.6 is 0 Å². The highest BCUT2D eigenvalue weighted by Crippen LogP contribution is 2.51. The van der Waals surface area contributed by atoms with Crippen LogP contribution in [0.5, 0.6) is 0 Å². The molecule has 0 radical (unpaired) electrons. The van der Waals surface area contributed by atoms with Crippen molar-refractivity contribution in [3.05, 3.63) is 79.6 Å². The molecule has 2 N–H and O–H groups in total. The van der Waals surface area contributed by atoms with E-state index in [0.29, 0.717) is 36.1 Å². The Labute approximate surface area is 354 Å². The van der Waals surface area contributed by atoms with Gasteiger partial charge in [0.25, 0.3) is 11.1 Å². The fourth-order valence-corrected chi connectivity index (χ4v) is 11.2. The quantitative estimate of drug-likeness (QED) is 0.366. The summed E-state index contributed by atoms with van der Waals surface area (Å²) in [5, 5.41) is 20.6. The molecule has 2 aromatic heterocycles. The molecule has 14 heteroatoms. The number of pyridine rings is 2. The average Bonchev–Trinajstić information content (AvgIpc) is 3.98. The maximum absolute atomic E-state index is 13.2. The highest BCUT2D eigenvalue weighted by Gasteiger charge is 2.57. The molecule has 0 aromatic carbocycles. The molecule has 6 aliphatic rings. The monoisotopic (exact) mass is 830 g/mol. The molecule has 8 heterocycles. The predicted molar refractivity (Wildman–Crippen MR) is 230 cm³/mol. The Morgan fingerprint density at radius 2 is 1.02 bits per heavy atom. The number of carbonyl (C=O) groups excluding carboxylic acids is 2. The van der Waals surface area contributed by atoms with Gasteiger partial charge in [0, 0.05) is 140 Å². The predicted octanol–water partition coefficient (Wildman–Crippen LogP) is 2.72. The van der Waals surface area contributed by atoms with Crippen molar-refractivity contribution in [1.29, 1.82) is 0 Å². The van der Waals surface area contributed by atoms with Gasteiger partial charge in [0.05, 0.1) is 24.2 Å². The molecule has 328 valence electrons. The van der Waals surface area contributed by atoms with E-state index in [1.54, 1.807) is 38.0 Å². The van der Waals surface area contributed by atoms with Crippen LogP contribution in [-0.4, -0.2) is 144 Å². The number of fused-ring (bicyclic) bond motifs is 6. The Kier molecular flexibility index (Phi) is 14.0. The summed E-state index contributed by atoms with van der Waals surface area (Å²) in [6.07, 6.45) is 11.3. The molecule has 0 saturated carbocycles. The van der Waals surface area contributed by atoms with Crippen LogP contribution in [0, 0.1) is 35.5 Å². The number of hydrogen-bond acceptors (Lipinski definition) is 10. The first-order valence-corrected chi connectivity index (χ1v) is 22.0. The van der Waals surface area contributed by atoms with Gasteiger partial charge in [-0.15, -0.1) is 0 Å². The van der Waals surface area contributed by atoms with Gasteiger partial charge in [0.2, 0.25) is 11.8 Å². The number of amides is 2. The van der Waals surface area contributed by atoms with Crippen molar-refractivity contribution in [3.63, 3.8) is 0 Å². The van der Waals surface area contributed by atoms with Gasteiger partial charge >= 0.3 is 0 Å². The summed E-state index contributed by atoms with van der Waals surface area (Å²) in [5.74, 6) is 0.720. The summed E-state index contributed by atoms with van der Waals surface area (Å²) in [5.41, 5.74) is 3.32. The van der Waals surface area contributed by atoms with E-state index in [9.17, 15) is 29.4 Å². The molecule has 2 aromatic rings. The molecule has 60 heavy (non-hydrogen) atoms. The third-order valence-electron chi connectivity index (χ3n) is 14.1. The molecule has 8 rings (SSSR count). The molecule has 2 amide bonds. The second kappa shape index (κ2) is 19.0. The van der Waals surface area contributed by atoms with Crippen LogP contribution in [0.25, 0.3) is 12.2 Å². The minimum atomic E-state index is -0.359. The highest BCUT2D eigenvalue weighted by atomic mass is 16.5. The number of aromatic nitrogens is 2. The molecule has 0 spiro atoms. The van der Waals surface area contributed by atoms with Gasteiger partial charge in [-0.3, -0.25) is 29.0 Å². The zero-order valence-electron chi connectivity index (χ0n) is 36.3. The van der Waals surface area contributed by atoms with Gasteiger partial charge in [-0.2, -0.15) is 0 Å². The van der Waals surface area contributed by atoms with E-state index in [-0.39, 0.29) is 84.0 Å². The summed E-state index contributed by atoms with van der Waals surface area (Å²) >= 11 is 0. The molecule has 0 bridgehead atoms. The van der Waals surface area contributed by atoms with E-state index in [1.807, 2.05) is 71.6 Å². The van der Waals surface area contributed by atoms with E-state index in [0.717, 1.165) is 76.6 Å². The van der Waals surface area contributed by atoms with Crippen molar-refractivity contribution >= 4 is 24.0 Å². The molecule has 4 fully saturated rings. The number of hydrogen-bond donors (Lipinski definition) is 2. The lowest BCUT2D eigenvalue weighted by atomic mass is 9.88. The van der Waals surface area contributed by atoms with Gasteiger partial charge < -0.3 is 38.6 Å². The van der Waals surface area contributed by atoms with Crippen LogP contribution in [0.3, 0.4) is 0 Å². The van der Waals surface area contributed by atoms with Crippen LogP contribution in [-0.2, 0) is 32.2 Å². The molecular formula is C46H66N6O8. The van der Waals surface area contributed by atoms with Crippen LogP contribution < -0.4 is 11.1 Å². The Balaban J connectivity index is 0.000000181. The third kappa shape index (κ3) is 8.23. The van der Waals surface area contributed by atoms with Gasteiger partial charge in [0.15, 0.2) is 0 Å². The summed E-state index contributed by atoms with van der Waals surface area (Å²) in [4.78, 5) is 60.3. The van der Waals surface area contributed by atoms with E-state index < -0.39 is 0 Å². The number of nitrogens with zero attached hydrogens (tertiary/aromatic N) is 6. The Bertz CT molecular complexity index is 1890. The lowest BCUT2D eigenvalue weighted by molar-refractivity contribution is -0.137. The maximum Gasteiger partial charge on any atom is 0.258 e. The van der Waals surface area contributed by atoms with Gasteiger partial charge in [-0.25, -0.2) is 0 Å². The highest BCUT2D eigenvalue weighted by molar-refractivity contribution is 5.83. The average molecular weight is 831 g/mol. The minimum absolute atomic E-state index is 0.0122. The molecule has 0 unspecified atom stereocenters. The van der Waals surface area contributed by atoms with E-state index in [1.165, 1.54) is 0 Å². The number of carbonyl (C=O) groups is 2. The van der Waals surface area contributed by atoms with Gasteiger partial charge in [0.1, 0.15) is 0 Å². The number of aliphatic hydroxyl groups excluding tert-OH is 2. The molecule has 6 aliphatic heterocycles. The summed E-state index contributed by atoms with van der Waals surface area (Å²) in [6.45, 7) is 9.40. The van der Waals surface area contributed by atoms with Crippen molar-refractivity contribution in [2.75, 3.05) is 80.9 Å². The standard InChI is InChI=1S/2C23H33N3O4/c2*1-4-5-16-6-7-19-20-17(13-25(19)22(16)28)18(14-27)21(23(29)24(2)3)26(20)12-15-8-10-30-11-9-15/h2*4-7,15,17-18,20-21,27H,8-14H2,1-3H3/b5-4+;5-4-/t2*17-,18-,20+,21-/m00/s1. The Morgan fingerprint density at radius 1 is 0.650 bits per heavy atom.